The van der Waals surface area contributed by atoms with E-state index in [9.17, 15) is 4.79 Å². The number of carbonyl (C=O) groups is 1. The number of aliphatic carboxylic acids is 1. The van der Waals surface area contributed by atoms with E-state index in [1.54, 1.807) is 20.1 Å². The van der Waals surface area contributed by atoms with E-state index in [1.807, 2.05) is 30.3 Å². The first kappa shape index (κ1) is 19.6. The van der Waals surface area contributed by atoms with Crippen LogP contribution in [-0.2, 0) is 17.9 Å². The Morgan fingerprint density at radius 3 is 2.64 bits per heavy atom. The molecular weight excluding hydrogens is 410 g/mol. The van der Waals surface area contributed by atoms with Crippen LogP contribution in [0.2, 0.25) is 5.02 Å². The first-order valence-electron chi connectivity index (χ1n) is 7.61. The molecule has 7 heteroatoms. The Bertz CT molecular complexity index is 754. The Kier molecular flexibility index (Phi) is 7.11. The van der Waals surface area contributed by atoms with Crippen molar-refractivity contribution in [3.63, 3.8) is 0 Å². The first-order valence-corrected chi connectivity index (χ1v) is 8.78. The van der Waals surface area contributed by atoms with E-state index >= 15 is 0 Å². The van der Waals surface area contributed by atoms with Crippen LogP contribution >= 0.6 is 27.5 Å². The van der Waals surface area contributed by atoms with Gasteiger partial charge in [-0.15, -0.1) is 0 Å². The number of hydrogen-bond donors (Lipinski definition) is 2. The largest absolute Gasteiger partial charge is 0.493 e. The van der Waals surface area contributed by atoms with Gasteiger partial charge in [0.25, 0.3) is 0 Å². The highest BCUT2D eigenvalue weighted by molar-refractivity contribution is 9.10. The van der Waals surface area contributed by atoms with Crippen LogP contribution in [-0.4, -0.2) is 24.2 Å². The monoisotopic (exact) mass is 427 g/mol. The molecule has 2 aromatic carbocycles. The van der Waals surface area contributed by atoms with Crippen LogP contribution in [0.4, 0.5) is 0 Å². The maximum absolute atomic E-state index is 10.9. The van der Waals surface area contributed by atoms with Gasteiger partial charge in [0.15, 0.2) is 11.5 Å². The second kappa shape index (κ2) is 9.08. The van der Waals surface area contributed by atoms with Crippen molar-refractivity contribution in [2.24, 2.45) is 0 Å². The molecule has 0 saturated carbocycles. The average molecular weight is 429 g/mol. The SMILES string of the molecule is COc1cc(CNC(C)C(=O)O)c(Br)cc1OCc1ccccc1Cl. The maximum Gasteiger partial charge on any atom is 0.320 e. The number of benzene rings is 2. The average Bonchev–Trinajstić information content (AvgIpc) is 2.59. The van der Waals surface area contributed by atoms with Crippen molar-refractivity contribution in [1.29, 1.82) is 0 Å². The molecule has 2 N–H and O–H groups in total. The van der Waals surface area contributed by atoms with Crippen molar-refractivity contribution >= 4 is 33.5 Å². The Morgan fingerprint density at radius 2 is 2.00 bits per heavy atom. The summed E-state index contributed by atoms with van der Waals surface area (Å²) in [5.41, 5.74) is 1.75. The molecule has 0 amide bonds. The van der Waals surface area contributed by atoms with Crippen LogP contribution in [0.1, 0.15) is 18.1 Å². The summed E-state index contributed by atoms with van der Waals surface area (Å²) < 4.78 is 12.0. The molecule has 0 bridgehead atoms. The molecule has 0 aliphatic heterocycles. The minimum atomic E-state index is -0.900. The number of halogens is 2. The minimum Gasteiger partial charge on any atom is -0.493 e. The fourth-order valence-corrected chi connectivity index (χ4v) is 2.76. The summed E-state index contributed by atoms with van der Waals surface area (Å²) in [4.78, 5) is 10.9. The molecule has 1 atom stereocenters. The number of hydrogen-bond acceptors (Lipinski definition) is 4. The quantitative estimate of drug-likeness (QED) is 0.658. The van der Waals surface area contributed by atoms with E-state index < -0.39 is 12.0 Å². The van der Waals surface area contributed by atoms with Crippen LogP contribution in [0.3, 0.4) is 0 Å². The van der Waals surface area contributed by atoms with Crippen molar-refractivity contribution < 1.29 is 19.4 Å². The zero-order valence-electron chi connectivity index (χ0n) is 13.9. The minimum absolute atomic E-state index is 0.316. The van der Waals surface area contributed by atoms with Gasteiger partial charge in [-0.3, -0.25) is 4.79 Å². The summed E-state index contributed by atoms with van der Waals surface area (Å²) in [5.74, 6) is 0.238. The number of nitrogens with one attached hydrogen (secondary N) is 1. The van der Waals surface area contributed by atoms with Crippen molar-refractivity contribution in [3.05, 3.63) is 57.0 Å². The van der Waals surface area contributed by atoms with Crippen molar-refractivity contribution in [2.45, 2.75) is 26.1 Å². The van der Waals surface area contributed by atoms with Gasteiger partial charge >= 0.3 is 5.97 Å². The second-order valence-corrected chi connectivity index (χ2v) is 6.68. The highest BCUT2D eigenvalue weighted by Gasteiger charge is 2.14. The Hall–Kier alpha value is -1.76. The molecule has 5 nitrogen and oxygen atoms in total. The van der Waals surface area contributed by atoms with E-state index in [-0.39, 0.29) is 0 Å². The maximum atomic E-state index is 10.9. The molecule has 0 heterocycles. The van der Waals surface area contributed by atoms with Crippen molar-refractivity contribution in [3.8, 4) is 11.5 Å². The molecule has 0 aromatic heterocycles. The third-order valence-electron chi connectivity index (χ3n) is 3.64. The lowest BCUT2D eigenvalue weighted by Crippen LogP contribution is -2.33. The Balaban J connectivity index is 2.13. The summed E-state index contributed by atoms with van der Waals surface area (Å²) in [6.07, 6.45) is 0. The molecular formula is C18H19BrClNO4. The Morgan fingerprint density at radius 1 is 1.28 bits per heavy atom. The van der Waals surface area contributed by atoms with Crippen LogP contribution in [0.5, 0.6) is 11.5 Å². The summed E-state index contributed by atoms with van der Waals surface area (Å²) >= 11 is 9.63. The molecule has 2 aromatic rings. The molecule has 25 heavy (non-hydrogen) atoms. The molecule has 0 aliphatic carbocycles. The molecule has 0 spiro atoms. The van der Waals surface area contributed by atoms with E-state index in [2.05, 4.69) is 21.2 Å². The van der Waals surface area contributed by atoms with Gasteiger partial charge in [0, 0.05) is 21.6 Å². The Labute approximate surface area is 160 Å². The van der Waals surface area contributed by atoms with Gasteiger partial charge in [-0.2, -0.15) is 0 Å². The van der Waals surface area contributed by atoms with Crippen LogP contribution in [0.15, 0.2) is 40.9 Å². The van der Waals surface area contributed by atoms with Gasteiger partial charge in [-0.1, -0.05) is 45.7 Å². The van der Waals surface area contributed by atoms with E-state index in [0.29, 0.717) is 29.7 Å². The lowest BCUT2D eigenvalue weighted by molar-refractivity contribution is -0.139. The van der Waals surface area contributed by atoms with Gasteiger partial charge < -0.3 is 19.9 Å². The third kappa shape index (κ3) is 5.36. The summed E-state index contributed by atoms with van der Waals surface area (Å²) in [7, 11) is 1.56. The van der Waals surface area contributed by atoms with E-state index in [4.69, 9.17) is 26.2 Å². The highest BCUT2D eigenvalue weighted by atomic mass is 79.9. The van der Waals surface area contributed by atoms with E-state index in [0.717, 1.165) is 15.6 Å². The zero-order valence-corrected chi connectivity index (χ0v) is 16.2. The molecule has 2 rings (SSSR count). The molecule has 0 radical (unpaired) electrons. The van der Waals surface area contributed by atoms with Crippen LogP contribution in [0, 0.1) is 0 Å². The van der Waals surface area contributed by atoms with Gasteiger partial charge in [-0.25, -0.2) is 0 Å². The summed E-state index contributed by atoms with van der Waals surface area (Å²) in [6.45, 7) is 2.29. The van der Waals surface area contributed by atoms with Gasteiger partial charge in [-0.05, 0) is 30.7 Å². The number of carboxylic acid groups (broad SMARTS) is 1. The third-order valence-corrected chi connectivity index (χ3v) is 4.75. The predicted octanol–water partition coefficient (Wildman–Crippen LogP) is 4.25. The number of ether oxygens (including phenoxy) is 2. The molecule has 0 aliphatic rings. The topological polar surface area (TPSA) is 67.8 Å². The predicted molar refractivity (Wildman–Crippen MR) is 100 cm³/mol. The standard InChI is InChI=1S/C18H19BrClNO4/c1-11(18(22)23)21-9-13-7-16(24-2)17(8-14(13)19)25-10-12-5-3-4-6-15(12)20/h3-8,11,21H,9-10H2,1-2H3,(H,22,23). The lowest BCUT2D eigenvalue weighted by Gasteiger charge is -2.16. The number of carboxylic acids is 1. The van der Waals surface area contributed by atoms with Gasteiger partial charge in [0.1, 0.15) is 12.6 Å². The second-order valence-electron chi connectivity index (χ2n) is 5.42. The molecule has 1 unspecified atom stereocenters. The summed E-state index contributed by atoms with van der Waals surface area (Å²) in [5, 5.41) is 12.5. The first-order chi connectivity index (χ1) is 11.9. The zero-order chi connectivity index (χ0) is 18.4. The number of methoxy groups -OCH3 is 1. The molecule has 134 valence electrons. The fourth-order valence-electron chi connectivity index (χ4n) is 2.11. The normalized spacial score (nSPS) is 11.8. The van der Waals surface area contributed by atoms with E-state index in [1.165, 1.54) is 0 Å². The summed E-state index contributed by atoms with van der Waals surface area (Å²) in [6, 6.07) is 10.4. The van der Waals surface area contributed by atoms with Crippen LogP contribution in [0.25, 0.3) is 0 Å². The smallest absolute Gasteiger partial charge is 0.320 e. The van der Waals surface area contributed by atoms with Crippen molar-refractivity contribution in [1.82, 2.24) is 5.32 Å². The number of rotatable bonds is 8. The van der Waals surface area contributed by atoms with Gasteiger partial charge in [0.2, 0.25) is 0 Å². The van der Waals surface area contributed by atoms with Crippen LogP contribution < -0.4 is 14.8 Å². The van der Waals surface area contributed by atoms with Crippen molar-refractivity contribution in [2.75, 3.05) is 7.11 Å². The molecule has 0 fully saturated rings. The fraction of sp³-hybridized carbons (Fsp3) is 0.278. The highest BCUT2D eigenvalue weighted by Crippen LogP contribution is 2.34. The lowest BCUT2D eigenvalue weighted by atomic mass is 10.2. The van der Waals surface area contributed by atoms with Gasteiger partial charge in [0.05, 0.1) is 7.11 Å². The molecule has 0 saturated heterocycles.